The van der Waals surface area contributed by atoms with Gasteiger partial charge in [-0.1, -0.05) is 84.2 Å². The Hall–Kier alpha value is -3.07. The van der Waals surface area contributed by atoms with Crippen molar-refractivity contribution in [2.24, 2.45) is 41.4 Å². The van der Waals surface area contributed by atoms with Crippen LogP contribution in [0.25, 0.3) is 0 Å². The lowest BCUT2D eigenvalue weighted by Crippen LogP contribution is -2.61. The number of rotatable bonds is 8. The molecule has 4 rings (SSSR count). The first-order chi connectivity index (χ1) is 35.9. The highest BCUT2D eigenvalue weighted by Crippen LogP contribution is 2.44. The highest BCUT2D eigenvalue weighted by Gasteiger charge is 2.53. The number of ketones is 3. The van der Waals surface area contributed by atoms with Crippen molar-refractivity contribution < 1.29 is 73.4 Å². The molecule has 0 aromatic carbocycles. The van der Waals surface area contributed by atoms with Gasteiger partial charge in [0.15, 0.2) is 5.78 Å². The van der Waals surface area contributed by atoms with E-state index in [1.807, 2.05) is 13.3 Å². The quantitative estimate of drug-likeness (QED) is 0.103. The van der Waals surface area contributed by atoms with Crippen molar-refractivity contribution in [2.45, 2.75) is 181 Å². The molecule has 4 aliphatic rings. The summed E-state index contributed by atoms with van der Waals surface area (Å²) in [5, 5.41) is 23.8. The third kappa shape index (κ3) is 15.7. The van der Waals surface area contributed by atoms with Crippen molar-refractivity contribution in [1.29, 1.82) is 0 Å². The Labute approximate surface area is 430 Å². The third-order valence-electron chi connectivity index (χ3n) is 14.9. The molecule has 2 N–H and O–H groups in total. The average molecular weight is 1010 g/mol. The maximum Gasteiger partial charge on any atom is 0.329 e. The predicted octanol–water partition coefficient (Wildman–Crippen LogP) is 8.08. The molecule has 2 bridgehead atoms. The van der Waals surface area contributed by atoms with Crippen LogP contribution < -0.4 is 0 Å². The van der Waals surface area contributed by atoms with Crippen molar-refractivity contribution >= 4 is 42.6 Å². The fourth-order valence-corrected chi connectivity index (χ4v) is 11.1. The number of amides is 1. The summed E-state index contributed by atoms with van der Waals surface area (Å²) in [5.41, 5.74) is 0.301. The number of aliphatic hydroxyl groups excluding tert-OH is 1. The lowest BCUT2D eigenvalue weighted by atomic mass is 9.78. The summed E-state index contributed by atoms with van der Waals surface area (Å²) in [4.78, 5) is 73.5. The van der Waals surface area contributed by atoms with E-state index in [1.54, 1.807) is 33.1 Å². The summed E-state index contributed by atoms with van der Waals surface area (Å²) < 4.78 is 103. The lowest BCUT2D eigenvalue weighted by molar-refractivity contribution is -0.265. The number of esters is 1. The summed E-state index contributed by atoms with van der Waals surface area (Å²) in [6.45, 7) is 11.3. The Balaban J connectivity index is 1.85. The van der Waals surface area contributed by atoms with Crippen LogP contribution in [0.1, 0.15) is 137 Å². The summed E-state index contributed by atoms with van der Waals surface area (Å²) >= 11 is 0. The second kappa shape index (κ2) is 26.8. The van der Waals surface area contributed by atoms with E-state index in [4.69, 9.17) is 36.4 Å². The number of hydrogen-bond acceptors (Lipinski definition) is 13. The van der Waals surface area contributed by atoms with Gasteiger partial charge in [-0.05, 0) is 127 Å². The van der Waals surface area contributed by atoms with E-state index in [0.717, 1.165) is 18.1 Å². The van der Waals surface area contributed by atoms with Gasteiger partial charge in [-0.2, -0.15) is 0 Å². The number of aliphatic hydroxyl groups is 2. The number of hydrogen-bond donors (Lipinski definition) is 2. The summed E-state index contributed by atoms with van der Waals surface area (Å²) in [6.07, 6.45) is 8.21. The molecule has 14 nitrogen and oxygen atoms in total. The summed E-state index contributed by atoms with van der Waals surface area (Å²) in [6, 6.07) is -1.36. The largest absolute Gasteiger partial charge is 0.460 e. The van der Waals surface area contributed by atoms with Gasteiger partial charge in [0.2, 0.25) is 5.79 Å². The maximum absolute atomic E-state index is 14.7. The van der Waals surface area contributed by atoms with Crippen LogP contribution >= 0.6 is 7.11 Å². The normalized spacial score (nSPS) is 43.8. The molecule has 70 heavy (non-hydrogen) atoms. The predicted molar refractivity (Wildman–Crippen MR) is 274 cm³/mol. The number of nitrogens with zero attached hydrogens (tertiary/aromatic N) is 1. The number of methoxy groups -OCH3 is 3. The van der Waals surface area contributed by atoms with Crippen LogP contribution in [-0.4, -0.2) is 146 Å². The molecule has 1 amide bonds. The smallest absolute Gasteiger partial charge is 0.329 e. The molecule has 1 unspecified atom stereocenters. The SMILES string of the molecule is [2H]C([2H])([2H])O[C@H]1C[C@@H]2CC[C@@H](C)[C@@](O)(O2)C(=O)C(=O)N2CCCC[C@H]2C(=O)O[C@H]([C@H](C)C[C@@H]2CC[C@@H](OP(=C)(C)C)[C@H](OC)C2)CC(=O)[C@H](C([2H])([2H])[2H])/C=C(\C)[C@@H](O)[C@@H](OC)C(=O)[C@H](C)C([2H])(C)[C@]([2H])(C)/C=C/C=C/C=C/1C. The van der Waals surface area contributed by atoms with Gasteiger partial charge < -0.3 is 43.3 Å². The monoisotopic (exact) mass is 1010 g/mol. The van der Waals surface area contributed by atoms with Crippen LogP contribution in [0.15, 0.2) is 47.6 Å². The van der Waals surface area contributed by atoms with Crippen LogP contribution in [0.3, 0.4) is 0 Å². The first kappa shape index (κ1) is 47.9. The van der Waals surface area contributed by atoms with E-state index in [9.17, 15) is 36.9 Å². The van der Waals surface area contributed by atoms with E-state index in [0.29, 0.717) is 44.1 Å². The Bertz CT molecular complexity index is 2290. The zero-order chi connectivity index (χ0) is 59.1. The van der Waals surface area contributed by atoms with Gasteiger partial charge in [0.05, 0.1) is 28.5 Å². The Kier molecular flexibility index (Phi) is 18.3. The Morgan fingerprint density at radius 1 is 0.943 bits per heavy atom. The summed E-state index contributed by atoms with van der Waals surface area (Å²) in [7, 11) is -2.02. The van der Waals surface area contributed by atoms with Crippen LogP contribution in [0, 0.1) is 41.4 Å². The standard InChI is InChI=1S/C55H88NO13P/c1-33-20-16-15-17-21-34(2)46(64-9)31-42-25-23-38(6)55(63,68-42)52(60)53(61)56-27-19-18-22-43(56)54(62)67-47(36(4)29-41-24-26-45(48(30-41)65-10)69-70(12,13)14)32-44(57)35(3)28-37(5)49(58)51(66-11)50(59)40(8)39(33)7/h15-17,20-21,28,33,35-36,38-43,45-49,51,58,63H,12,18-19,22-27,29-32H2,1-11,13-14H3/b17-15+,20-16+,34-21+,37-28+/t33-,35-,36-,38-,39?,40-,41+,42+,43+,45-,46+,47+,48-,49-,51-,55-/m1/s1/i3D3,9D3,33D,39D. The molecular weight excluding hydrogens is 914 g/mol. The molecule has 3 heterocycles. The van der Waals surface area contributed by atoms with Gasteiger partial charge in [-0.3, -0.25) is 19.2 Å². The Morgan fingerprint density at radius 3 is 2.33 bits per heavy atom. The van der Waals surface area contributed by atoms with Crippen molar-refractivity contribution in [3.05, 3.63) is 47.6 Å². The number of piperidine rings is 1. The zero-order valence-corrected chi connectivity index (χ0v) is 44.3. The molecule has 16 atom stereocenters. The van der Waals surface area contributed by atoms with Gasteiger partial charge in [-0.25, -0.2) is 4.79 Å². The van der Waals surface area contributed by atoms with Crippen molar-refractivity contribution in [1.82, 2.24) is 4.90 Å². The number of fused-ring (bicyclic) bond motifs is 3. The van der Waals surface area contributed by atoms with Crippen molar-refractivity contribution in [2.75, 3.05) is 41.1 Å². The molecule has 15 heteroatoms. The van der Waals surface area contributed by atoms with Crippen molar-refractivity contribution in [3.8, 4) is 0 Å². The topological polar surface area (TPSA) is 184 Å². The highest BCUT2D eigenvalue weighted by atomic mass is 31.2. The maximum atomic E-state index is 14.7. The fraction of sp³-hybridized carbons (Fsp3) is 0.745. The summed E-state index contributed by atoms with van der Waals surface area (Å²) in [5.74, 6) is -16.1. The van der Waals surface area contributed by atoms with Gasteiger partial charge in [0, 0.05) is 65.3 Å². The first-order valence-corrected chi connectivity index (χ1v) is 27.7. The van der Waals surface area contributed by atoms with Crippen LogP contribution in [0.4, 0.5) is 0 Å². The minimum atomic E-state index is -3.01. The molecule has 1 aliphatic carbocycles. The first-order valence-electron chi connectivity index (χ1n) is 28.9. The van der Waals surface area contributed by atoms with E-state index in [2.05, 4.69) is 6.30 Å². The molecule has 0 radical (unpaired) electrons. The van der Waals surface area contributed by atoms with Gasteiger partial charge in [-0.15, -0.1) is 0 Å². The van der Waals surface area contributed by atoms with Crippen molar-refractivity contribution in [3.63, 3.8) is 0 Å². The number of ether oxygens (including phenoxy) is 5. The van der Waals surface area contributed by atoms with Crippen LogP contribution in [0.5, 0.6) is 0 Å². The average Bonchev–Trinajstić information content (AvgIpc) is 3.35. The molecule has 0 aromatic heterocycles. The van der Waals surface area contributed by atoms with Gasteiger partial charge in [0.25, 0.3) is 11.7 Å². The minimum Gasteiger partial charge on any atom is -0.460 e. The molecule has 3 aliphatic heterocycles. The van der Waals surface area contributed by atoms with Crippen LogP contribution in [-0.2, 0) is 52.2 Å². The third-order valence-corrected chi connectivity index (χ3v) is 15.7. The molecular formula is C55H88NO13P. The number of Topliss-reactive ketones (excluding diaryl/α,β-unsaturated/α-hetero) is 3. The Morgan fingerprint density at radius 2 is 1.67 bits per heavy atom. The molecule has 1 saturated carbocycles. The molecule has 396 valence electrons. The second-order valence-electron chi connectivity index (χ2n) is 20.8. The van der Waals surface area contributed by atoms with Gasteiger partial charge in [0.1, 0.15) is 30.1 Å². The number of carbonyl (C=O) groups excluding carboxylic acids is 5. The minimum absolute atomic E-state index is 0.0184. The molecule has 0 spiro atoms. The van der Waals surface area contributed by atoms with E-state index < -0.39 is 134 Å². The van der Waals surface area contributed by atoms with E-state index >= 15 is 0 Å². The fourth-order valence-electron chi connectivity index (χ4n) is 10.1. The second-order valence-corrected chi connectivity index (χ2v) is 24.1. The number of cyclic esters (lactones) is 1. The lowest BCUT2D eigenvalue weighted by Gasteiger charge is -2.42. The van der Waals surface area contributed by atoms with E-state index in [-0.39, 0.29) is 55.9 Å². The molecule has 0 aromatic rings. The zero-order valence-electron chi connectivity index (χ0n) is 51.4. The number of allylic oxidation sites excluding steroid dienone is 6. The molecule has 2 saturated heterocycles. The van der Waals surface area contributed by atoms with E-state index in [1.165, 1.54) is 52.8 Å². The number of carbonyl (C=O) groups is 5. The van der Waals surface area contributed by atoms with Crippen LogP contribution in [0.2, 0.25) is 0 Å². The highest BCUT2D eigenvalue weighted by molar-refractivity contribution is 7.67. The van der Waals surface area contributed by atoms with Gasteiger partial charge >= 0.3 is 5.97 Å². The molecule has 3 fully saturated rings.